The summed E-state index contributed by atoms with van der Waals surface area (Å²) in [6.07, 6.45) is 5.97. The highest BCUT2D eigenvalue weighted by molar-refractivity contribution is 6.15. The van der Waals surface area contributed by atoms with Gasteiger partial charge in [-0.3, -0.25) is 0 Å². The molecule has 0 amide bonds. The van der Waals surface area contributed by atoms with Crippen LogP contribution in [-0.2, 0) is 5.41 Å². The van der Waals surface area contributed by atoms with Crippen LogP contribution in [0.5, 0.6) is 0 Å². The average molecular weight is 820 g/mol. The van der Waals surface area contributed by atoms with E-state index in [2.05, 4.69) is 213 Å². The lowest BCUT2D eigenvalue weighted by atomic mass is 9.67. The van der Waals surface area contributed by atoms with Gasteiger partial charge < -0.3 is 9.32 Å². The zero-order valence-corrected chi connectivity index (χ0v) is 36.2. The number of rotatable bonds is 8. The lowest BCUT2D eigenvalue weighted by Crippen LogP contribution is -2.28. The van der Waals surface area contributed by atoms with E-state index in [9.17, 15) is 0 Å². The third-order valence-electron chi connectivity index (χ3n) is 13.7. The summed E-state index contributed by atoms with van der Waals surface area (Å²) in [7, 11) is 0. The molecular formula is C62H45NO. The molecule has 0 saturated heterocycles. The van der Waals surface area contributed by atoms with Crippen molar-refractivity contribution in [1.29, 1.82) is 0 Å². The molecule has 0 atom stereocenters. The number of hydrogen-bond donors (Lipinski definition) is 0. The Hall–Kier alpha value is -7.94. The summed E-state index contributed by atoms with van der Waals surface area (Å²) >= 11 is 0. The zero-order valence-electron chi connectivity index (χ0n) is 36.2. The SMILES string of the molecule is C=Cc1c(/C=C\C)oc2c(N(c3ccc(-c4ccc5c(c4)-c4cccc6cccc-5c46)cc3)c3cccc4c3-c3ccccc3C4(c3ccc(C)cc3)c3ccc(C)cc3)cccc12. The summed E-state index contributed by atoms with van der Waals surface area (Å²) in [6.45, 7) is 10.6. The molecule has 304 valence electrons. The van der Waals surface area contributed by atoms with Gasteiger partial charge in [-0.05, 0) is 129 Å². The average Bonchev–Trinajstić information content (AvgIpc) is 3.97. The quantitative estimate of drug-likeness (QED) is 0.152. The van der Waals surface area contributed by atoms with Gasteiger partial charge in [0.05, 0.1) is 16.8 Å². The number of para-hydroxylation sites is 1. The van der Waals surface area contributed by atoms with Gasteiger partial charge in [-0.2, -0.15) is 0 Å². The van der Waals surface area contributed by atoms with Gasteiger partial charge in [0, 0.05) is 22.2 Å². The van der Waals surface area contributed by atoms with Crippen molar-refractivity contribution in [1.82, 2.24) is 0 Å². The maximum atomic E-state index is 6.86. The molecule has 2 nitrogen and oxygen atoms in total. The van der Waals surface area contributed by atoms with Crippen molar-refractivity contribution in [3.05, 3.63) is 245 Å². The summed E-state index contributed by atoms with van der Waals surface area (Å²) in [5.41, 5.74) is 21.8. The second-order valence-electron chi connectivity index (χ2n) is 17.3. The number of nitrogens with zero attached hydrogens (tertiary/aromatic N) is 1. The zero-order chi connectivity index (χ0) is 43.1. The van der Waals surface area contributed by atoms with Crippen LogP contribution in [0, 0.1) is 13.8 Å². The second-order valence-corrected chi connectivity index (χ2v) is 17.3. The Morgan fingerprint density at radius 1 is 0.531 bits per heavy atom. The molecule has 2 aliphatic rings. The molecule has 9 aromatic carbocycles. The largest absolute Gasteiger partial charge is 0.454 e. The number of anilines is 3. The lowest BCUT2D eigenvalue weighted by molar-refractivity contribution is 0.603. The van der Waals surface area contributed by atoms with Crippen molar-refractivity contribution in [2.24, 2.45) is 0 Å². The van der Waals surface area contributed by atoms with Crippen LogP contribution in [0.25, 0.3) is 78.4 Å². The van der Waals surface area contributed by atoms with E-state index >= 15 is 0 Å². The van der Waals surface area contributed by atoms with Gasteiger partial charge >= 0.3 is 0 Å². The first-order valence-electron chi connectivity index (χ1n) is 22.2. The van der Waals surface area contributed by atoms with Crippen LogP contribution in [0.15, 0.2) is 205 Å². The van der Waals surface area contributed by atoms with Gasteiger partial charge in [0.1, 0.15) is 5.76 Å². The molecule has 0 unspecified atom stereocenters. The van der Waals surface area contributed by atoms with Gasteiger partial charge in [-0.15, -0.1) is 0 Å². The van der Waals surface area contributed by atoms with E-state index in [1.54, 1.807) is 0 Å². The summed E-state index contributed by atoms with van der Waals surface area (Å²) in [6, 6.07) is 70.0. The Morgan fingerprint density at radius 3 is 1.84 bits per heavy atom. The fraction of sp³-hybridized carbons (Fsp3) is 0.0645. The van der Waals surface area contributed by atoms with Crippen molar-refractivity contribution in [3.63, 3.8) is 0 Å². The predicted octanol–water partition coefficient (Wildman–Crippen LogP) is 17.0. The van der Waals surface area contributed by atoms with E-state index in [1.165, 1.54) is 83.1 Å². The van der Waals surface area contributed by atoms with E-state index in [0.717, 1.165) is 44.9 Å². The lowest BCUT2D eigenvalue weighted by Gasteiger charge is -2.34. The van der Waals surface area contributed by atoms with Gasteiger partial charge in [0.25, 0.3) is 0 Å². The van der Waals surface area contributed by atoms with E-state index < -0.39 is 5.41 Å². The van der Waals surface area contributed by atoms with Gasteiger partial charge in [0.2, 0.25) is 0 Å². The highest BCUT2D eigenvalue weighted by atomic mass is 16.3. The number of benzene rings is 9. The fourth-order valence-corrected chi connectivity index (χ4v) is 10.9. The van der Waals surface area contributed by atoms with Crippen LogP contribution in [0.3, 0.4) is 0 Å². The van der Waals surface area contributed by atoms with Crippen LogP contribution in [0.2, 0.25) is 0 Å². The summed E-state index contributed by atoms with van der Waals surface area (Å²) in [5.74, 6) is 0.797. The molecule has 1 heterocycles. The molecular weight excluding hydrogens is 775 g/mol. The monoisotopic (exact) mass is 819 g/mol. The maximum Gasteiger partial charge on any atom is 0.159 e. The molecule has 64 heavy (non-hydrogen) atoms. The van der Waals surface area contributed by atoms with E-state index in [4.69, 9.17) is 4.42 Å². The molecule has 0 spiro atoms. The molecule has 2 heteroatoms. The Kier molecular flexibility index (Phi) is 8.61. The van der Waals surface area contributed by atoms with Gasteiger partial charge in [-0.1, -0.05) is 188 Å². The Bertz CT molecular complexity index is 3480. The molecule has 0 N–H and O–H groups in total. The van der Waals surface area contributed by atoms with Gasteiger partial charge in [0.15, 0.2) is 5.58 Å². The molecule has 2 aliphatic carbocycles. The van der Waals surface area contributed by atoms with Crippen LogP contribution in [-0.4, -0.2) is 0 Å². The van der Waals surface area contributed by atoms with Crippen molar-refractivity contribution in [2.75, 3.05) is 4.90 Å². The molecule has 0 fully saturated rings. The highest BCUT2D eigenvalue weighted by Crippen LogP contribution is 2.60. The van der Waals surface area contributed by atoms with E-state index in [-0.39, 0.29) is 0 Å². The van der Waals surface area contributed by atoms with Crippen molar-refractivity contribution >= 4 is 51.0 Å². The highest BCUT2D eigenvalue weighted by Gasteiger charge is 2.47. The first kappa shape index (κ1) is 37.8. The molecule has 0 bridgehead atoms. The number of allylic oxidation sites excluding steroid dienone is 1. The number of hydrogen-bond acceptors (Lipinski definition) is 2. The summed E-state index contributed by atoms with van der Waals surface area (Å²) in [4.78, 5) is 2.41. The minimum Gasteiger partial charge on any atom is -0.454 e. The normalized spacial score (nSPS) is 13.0. The molecule has 10 aromatic rings. The molecule has 0 saturated carbocycles. The number of fused-ring (bicyclic) bond motifs is 7. The number of aryl methyl sites for hydroxylation is 2. The minimum absolute atomic E-state index is 0.553. The van der Waals surface area contributed by atoms with E-state index in [1.807, 2.05) is 25.2 Å². The Balaban J connectivity index is 1.09. The first-order valence-corrected chi connectivity index (χ1v) is 22.2. The topological polar surface area (TPSA) is 16.4 Å². The Morgan fingerprint density at radius 2 is 1.14 bits per heavy atom. The van der Waals surface area contributed by atoms with Crippen molar-refractivity contribution in [3.8, 4) is 44.5 Å². The molecule has 0 radical (unpaired) electrons. The third kappa shape index (κ3) is 5.45. The van der Waals surface area contributed by atoms with Crippen molar-refractivity contribution in [2.45, 2.75) is 26.2 Å². The molecule has 0 aliphatic heterocycles. The summed E-state index contributed by atoms with van der Waals surface area (Å²) in [5, 5.41) is 3.66. The van der Waals surface area contributed by atoms with Crippen molar-refractivity contribution < 1.29 is 4.42 Å². The third-order valence-corrected chi connectivity index (χ3v) is 13.7. The molecule has 12 rings (SSSR count). The fourth-order valence-electron chi connectivity index (χ4n) is 10.9. The first-order chi connectivity index (χ1) is 31.5. The van der Waals surface area contributed by atoms with Crippen LogP contribution < -0.4 is 4.90 Å². The Labute approximate surface area is 374 Å². The van der Waals surface area contributed by atoms with E-state index in [0.29, 0.717) is 0 Å². The smallest absolute Gasteiger partial charge is 0.159 e. The predicted molar refractivity (Wildman–Crippen MR) is 270 cm³/mol. The number of furan rings is 1. The van der Waals surface area contributed by atoms with Crippen LogP contribution >= 0.6 is 0 Å². The van der Waals surface area contributed by atoms with Gasteiger partial charge in [-0.25, -0.2) is 0 Å². The second kappa shape index (κ2) is 14.6. The van der Waals surface area contributed by atoms with Crippen LogP contribution in [0.1, 0.15) is 51.6 Å². The standard InChI is InChI=1S/C62H45NO/c1-5-13-58-47(6-2)51-19-11-23-57(61(51)64-58)63(46-35-28-41(29-36-46)43-30-37-48-49-17-9-14-42-15-10-18-50(59(42)49)53(48)38-43)56-22-12-21-55-60(56)52-16-7-8-20-54(52)62(55,44-31-24-39(3)25-32-44)45-33-26-40(4)27-34-45/h5-38H,2H2,1,3-4H3/b13-5-. The maximum absolute atomic E-state index is 6.86. The minimum atomic E-state index is -0.553. The summed E-state index contributed by atoms with van der Waals surface area (Å²) < 4.78 is 6.86. The van der Waals surface area contributed by atoms with Crippen LogP contribution in [0.4, 0.5) is 17.1 Å². The molecule has 1 aromatic heterocycles.